The van der Waals surface area contributed by atoms with Gasteiger partial charge in [0.15, 0.2) is 11.2 Å². The number of hydrogen-bond acceptors (Lipinski definition) is 8. The van der Waals surface area contributed by atoms with Crippen molar-refractivity contribution in [2.45, 2.75) is 38.8 Å². The molecule has 1 saturated heterocycles. The Morgan fingerprint density at radius 2 is 1.86 bits per heavy atom. The van der Waals surface area contributed by atoms with Crippen LogP contribution in [0.5, 0.6) is 0 Å². The summed E-state index contributed by atoms with van der Waals surface area (Å²) in [6.07, 6.45) is 7.13. The first kappa shape index (κ1) is 23.4. The van der Waals surface area contributed by atoms with Gasteiger partial charge in [0.25, 0.3) is 5.56 Å². The van der Waals surface area contributed by atoms with E-state index in [0.717, 1.165) is 29.5 Å². The molecule has 0 saturated carbocycles. The highest BCUT2D eigenvalue weighted by atomic mass is 16.2. The van der Waals surface area contributed by atoms with Crippen molar-refractivity contribution >= 4 is 28.8 Å². The lowest BCUT2D eigenvalue weighted by molar-refractivity contribution is -0.118. The third-order valence-corrected chi connectivity index (χ3v) is 6.71. The maximum atomic E-state index is 13.1. The van der Waals surface area contributed by atoms with Crippen molar-refractivity contribution in [3.05, 3.63) is 57.8 Å². The van der Waals surface area contributed by atoms with Gasteiger partial charge in [0.05, 0.1) is 12.0 Å². The van der Waals surface area contributed by atoms with Crippen LogP contribution in [0.2, 0.25) is 0 Å². The molecule has 1 aliphatic rings. The van der Waals surface area contributed by atoms with Gasteiger partial charge >= 0.3 is 5.69 Å². The van der Waals surface area contributed by atoms with Crippen molar-refractivity contribution in [1.82, 2.24) is 33.6 Å². The second kappa shape index (κ2) is 9.02. The summed E-state index contributed by atoms with van der Waals surface area (Å²) in [5, 5.41) is 2.80. The molecule has 1 N–H and O–H groups in total. The van der Waals surface area contributed by atoms with E-state index in [1.165, 1.54) is 29.6 Å². The van der Waals surface area contributed by atoms with Gasteiger partial charge in [0.2, 0.25) is 11.9 Å². The van der Waals surface area contributed by atoms with Gasteiger partial charge in [-0.15, -0.1) is 0 Å². The van der Waals surface area contributed by atoms with Gasteiger partial charge in [-0.05, 0) is 38.8 Å². The van der Waals surface area contributed by atoms with E-state index in [-0.39, 0.29) is 17.1 Å². The third-order valence-electron chi connectivity index (χ3n) is 6.71. The number of nitrogens with one attached hydrogen (secondary N) is 1. The van der Waals surface area contributed by atoms with Gasteiger partial charge in [-0.2, -0.15) is 0 Å². The summed E-state index contributed by atoms with van der Waals surface area (Å²) < 4.78 is 3.73. The van der Waals surface area contributed by atoms with Gasteiger partial charge in [-0.1, -0.05) is 6.07 Å². The molecule has 36 heavy (non-hydrogen) atoms. The molecule has 0 aliphatic carbocycles. The Bertz CT molecular complexity index is 1570. The zero-order valence-corrected chi connectivity index (χ0v) is 20.5. The second-order valence-electron chi connectivity index (χ2n) is 9.06. The minimum Gasteiger partial charge on any atom is -0.338 e. The Balaban J connectivity index is 1.37. The van der Waals surface area contributed by atoms with Crippen LogP contribution in [-0.2, 0) is 18.9 Å². The maximum absolute atomic E-state index is 13.1. The smallest absolute Gasteiger partial charge is 0.332 e. The van der Waals surface area contributed by atoms with Gasteiger partial charge in [0, 0.05) is 44.6 Å². The minimum absolute atomic E-state index is 0.175. The molecular weight excluding hydrogens is 462 g/mol. The quantitative estimate of drug-likeness (QED) is 0.446. The van der Waals surface area contributed by atoms with Crippen molar-refractivity contribution < 1.29 is 4.79 Å². The van der Waals surface area contributed by atoms with Crippen LogP contribution in [-0.4, -0.2) is 52.1 Å². The molecule has 12 nitrogen and oxygen atoms in total. The number of pyridine rings is 1. The molecule has 4 aromatic heterocycles. The molecule has 0 spiro atoms. The van der Waals surface area contributed by atoms with Crippen molar-refractivity contribution in [2.24, 2.45) is 14.1 Å². The van der Waals surface area contributed by atoms with Crippen LogP contribution in [0.3, 0.4) is 0 Å². The zero-order chi connectivity index (χ0) is 25.6. The number of amides is 1. The predicted octanol–water partition coefficient (Wildman–Crippen LogP) is 1.47. The van der Waals surface area contributed by atoms with Crippen molar-refractivity contribution in [2.75, 3.05) is 16.8 Å². The molecule has 5 heterocycles. The molecule has 4 aromatic rings. The first-order valence-corrected chi connectivity index (χ1v) is 11.8. The number of carbonyl (C=O) groups is 1. The molecule has 0 aromatic carbocycles. The Morgan fingerprint density at radius 1 is 1.11 bits per heavy atom. The number of anilines is 2. The summed E-state index contributed by atoms with van der Waals surface area (Å²) in [7, 11) is 2.92. The zero-order valence-electron chi connectivity index (χ0n) is 20.5. The lowest BCUT2D eigenvalue weighted by Gasteiger charge is -2.21. The van der Waals surface area contributed by atoms with Crippen LogP contribution in [0.1, 0.15) is 32.7 Å². The average Bonchev–Trinajstić information content (AvgIpc) is 3.52. The van der Waals surface area contributed by atoms with E-state index < -0.39 is 17.3 Å². The maximum Gasteiger partial charge on any atom is 0.332 e. The Hall–Kier alpha value is -4.35. The van der Waals surface area contributed by atoms with E-state index >= 15 is 0 Å². The van der Waals surface area contributed by atoms with Crippen LogP contribution >= 0.6 is 0 Å². The fraction of sp³-hybridized carbons (Fsp3) is 0.375. The number of hydrogen-bond donors (Lipinski definition) is 1. The molecule has 12 heteroatoms. The molecule has 1 amide bonds. The van der Waals surface area contributed by atoms with Crippen molar-refractivity contribution in [3.8, 4) is 11.3 Å². The molecule has 0 unspecified atom stereocenters. The number of aromatic nitrogens is 7. The average molecular weight is 490 g/mol. The number of nitrogens with zero attached hydrogens (tertiary/aromatic N) is 8. The molecule has 1 fully saturated rings. The number of carbonyl (C=O) groups excluding carboxylic acids is 1. The van der Waals surface area contributed by atoms with E-state index in [4.69, 9.17) is 0 Å². The summed E-state index contributed by atoms with van der Waals surface area (Å²) in [4.78, 5) is 57.9. The molecule has 5 rings (SSSR count). The summed E-state index contributed by atoms with van der Waals surface area (Å²) in [6.45, 7) is 4.77. The van der Waals surface area contributed by atoms with Gasteiger partial charge in [0.1, 0.15) is 11.9 Å². The lowest BCUT2D eigenvalue weighted by Crippen LogP contribution is -2.38. The SMILES string of the molecule is C[C@@H]1CCCN1c1ncc(-c2cccc(NC(=O)[C@H](C)n3cnc4c3c(=O)n(C)c(=O)n4C)n2)cn1. The highest BCUT2D eigenvalue weighted by molar-refractivity contribution is 5.93. The number of rotatable bonds is 5. The number of aryl methyl sites for hydroxylation is 1. The van der Waals surface area contributed by atoms with Crippen molar-refractivity contribution in [1.29, 1.82) is 0 Å². The van der Waals surface area contributed by atoms with Crippen LogP contribution < -0.4 is 21.5 Å². The van der Waals surface area contributed by atoms with Gasteiger partial charge in [-0.25, -0.2) is 24.7 Å². The van der Waals surface area contributed by atoms with Crippen LogP contribution in [0.4, 0.5) is 11.8 Å². The van der Waals surface area contributed by atoms with Gasteiger partial charge < -0.3 is 14.8 Å². The molecule has 1 aliphatic heterocycles. The molecule has 0 bridgehead atoms. The standard InChI is InChI=1S/C24H27N9O3/c1-14-7-6-10-32(14)23-25-11-16(12-26-23)17-8-5-9-18(28-17)29-21(34)15(2)33-13-27-20-19(33)22(35)31(4)24(36)30(20)3/h5,8-9,11-15H,6-7,10H2,1-4H3,(H,28,29,34)/t14-,15+/m1/s1. The number of fused-ring (bicyclic) bond motifs is 1. The highest BCUT2D eigenvalue weighted by Gasteiger charge is 2.24. The van der Waals surface area contributed by atoms with Crippen LogP contribution in [0, 0.1) is 0 Å². The van der Waals surface area contributed by atoms with Crippen LogP contribution in [0.15, 0.2) is 46.5 Å². The predicted molar refractivity (Wildman–Crippen MR) is 135 cm³/mol. The van der Waals surface area contributed by atoms with Crippen LogP contribution in [0.25, 0.3) is 22.4 Å². The third kappa shape index (κ3) is 3.93. The minimum atomic E-state index is -0.782. The monoisotopic (exact) mass is 489 g/mol. The van der Waals surface area contributed by atoms with E-state index in [2.05, 4.69) is 37.1 Å². The number of imidazole rings is 1. The summed E-state index contributed by atoms with van der Waals surface area (Å²) in [6, 6.07) is 4.94. The van der Waals surface area contributed by atoms with E-state index in [9.17, 15) is 14.4 Å². The Kier molecular flexibility index (Phi) is 5.86. The molecule has 2 atom stereocenters. The van der Waals surface area contributed by atoms with Gasteiger partial charge in [-0.3, -0.25) is 18.7 Å². The largest absolute Gasteiger partial charge is 0.338 e. The normalized spacial score (nSPS) is 16.4. The Labute approximate surface area is 206 Å². The molecular formula is C24H27N9O3. The molecule has 186 valence electrons. The second-order valence-corrected chi connectivity index (χ2v) is 9.06. The lowest BCUT2D eigenvalue weighted by atomic mass is 10.2. The Morgan fingerprint density at radius 3 is 2.56 bits per heavy atom. The first-order chi connectivity index (χ1) is 17.3. The highest BCUT2D eigenvalue weighted by Crippen LogP contribution is 2.24. The topological polar surface area (TPSA) is 133 Å². The van der Waals surface area contributed by atoms with E-state index in [1.54, 1.807) is 31.5 Å². The summed E-state index contributed by atoms with van der Waals surface area (Å²) >= 11 is 0. The fourth-order valence-corrected chi connectivity index (χ4v) is 4.51. The fourth-order valence-electron chi connectivity index (χ4n) is 4.51. The first-order valence-electron chi connectivity index (χ1n) is 11.8. The summed E-state index contributed by atoms with van der Waals surface area (Å²) in [5.41, 5.74) is 0.751. The van der Waals surface area contributed by atoms with Crippen molar-refractivity contribution in [3.63, 3.8) is 0 Å². The molecule has 0 radical (unpaired) electrons. The van der Waals surface area contributed by atoms with E-state index in [0.29, 0.717) is 23.5 Å². The van der Waals surface area contributed by atoms with E-state index in [1.807, 2.05) is 6.07 Å². The summed E-state index contributed by atoms with van der Waals surface area (Å²) in [5.74, 6) is 0.675.